The molecular formula is C25H29N5O5S. The number of rotatable bonds is 10. The van der Waals surface area contributed by atoms with E-state index >= 15 is 0 Å². The molecule has 0 radical (unpaired) electrons. The lowest BCUT2D eigenvalue weighted by Crippen LogP contribution is -2.44. The van der Waals surface area contributed by atoms with E-state index in [0.29, 0.717) is 23.6 Å². The second-order valence-electron chi connectivity index (χ2n) is 8.04. The van der Waals surface area contributed by atoms with Gasteiger partial charge in [0.05, 0.1) is 19.4 Å². The van der Waals surface area contributed by atoms with Crippen molar-refractivity contribution in [3.8, 4) is 5.75 Å². The van der Waals surface area contributed by atoms with Crippen LogP contribution in [0.2, 0.25) is 0 Å². The van der Waals surface area contributed by atoms with Crippen LogP contribution in [0.25, 0.3) is 0 Å². The summed E-state index contributed by atoms with van der Waals surface area (Å²) in [4.78, 5) is 40.7. The van der Waals surface area contributed by atoms with E-state index in [1.807, 2.05) is 26.0 Å². The molecule has 5 N–H and O–H groups in total. The number of nitrogens with zero attached hydrogens (tertiary/aromatic N) is 2. The topological polar surface area (TPSA) is 150 Å². The van der Waals surface area contributed by atoms with E-state index in [0.717, 1.165) is 22.7 Å². The minimum absolute atomic E-state index is 0.00484. The van der Waals surface area contributed by atoms with Gasteiger partial charge in [-0.05, 0) is 66.3 Å². The first-order valence-corrected chi connectivity index (χ1v) is 11.8. The Morgan fingerprint density at radius 2 is 1.78 bits per heavy atom. The first-order chi connectivity index (χ1) is 17.2. The third-order valence-electron chi connectivity index (χ3n) is 5.69. The molecule has 0 unspecified atom stereocenters. The average molecular weight is 512 g/mol. The number of nitrogens with one attached hydrogen (secondary N) is 1. The molecule has 0 fully saturated rings. The molecule has 0 spiro atoms. The van der Waals surface area contributed by atoms with Crippen molar-refractivity contribution in [2.24, 2.45) is 5.73 Å². The Hall–Kier alpha value is -3.96. The third-order valence-corrected chi connectivity index (χ3v) is 6.54. The van der Waals surface area contributed by atoms with E-state index in [9.17, 15) is 14.4 Å². The second kappa shape index (κ2) is 11.6. The second-order valence-corrected chi connectivity index (χ2v) is 8.81. The monoisotopic (exact) mass is 511 g/mol. The Labute approximate surface area is 213 Å². The Morgan fingerprint density at radius 3 is 2.33 bits per heavy atom. The quantitative estimate of drug-likeness (QED) is 0.354. The van der Waals surface area contributed by atoms with Crippen LogP contribution < -0.4 is 26.4 Å². The van der Waals surface area contributed by atoms with Crippen molar-refractivity contribution >= 4 is 40.6 Å². The van der Waals surface area contributed by atoms with E-state index in [-0.39, 0.29) is 22.8 Å². The minimum atomic E-state index is -1.08. The fourth-order valence-electron chi connectivity index (χ4n) is 3.57. The SMILES string of the molecule is COCCNC(=O)[C@H](c1ccc(OC)cc1)N(C(=O)c1snc(C(N)=O)c1N)c1ccc(C)c(C)c1. The van der Waals surface area contributed by atoms with Crippen molar-refractivity contribution in [1.82, 2.24) is 9.69 Å². The van der Waals surface area contributed by atoms with Crippen LogP contribution in [-0.4, -0.2) is 49.5 Å². The number of aromatic nitrogens is 1. The number of amides is 3. The van der Waals surface area contributed by atoms with E-state index in [1.165, 1.54) is 19.1 Å². The van der Waals surface area contributed by atoms with Gasteiger partial charge in [-0.3, -0.25) is 19.3 Å². The smallest absolute Gasteiger partial charge is 0.273 e. The number of nitrogens with two attached hydrogens (primary N) is 2. The molecule has 1 atom stereocenters. The highest BCUT2D eigenvalue weighted by Gasteiger charge is 2.36. The van der Waals surface area contributed by atoms with E-state index in [4.69, 9.17) is 20.9 Å². The number of hydrogen-bond donors (Lipinski definition) is 3. The summed E-state index contributed by atoms with van der Waals surface area (Å²) in [6.45, 7) is 4.40. The van der Waals surface area contributed by atoms with E-state index < -0.39 is 23.8 Å². The van der Waals surface area contributed by atoms with Gasteiger partial charge >= 0.3 is 0 Å². The van der Waals surface area contributed by atoms with Gasteiger partial charge in [0.2, 0.25) is 5.91 Å². The molecule has 3 amide bonds. The number of ether oxygens (including phenoxy) is 2. The van der Waals surface area contributed by atoms with E-state index in [2.05, 4.69) is 9.69 Å². The zero-order chi connectivity index (χ0) is 26.4. The summed E-state index contributed by atoms with van der Waals surface area (Å²) in [5.74, 6) is -1.27. The molecule has 190 valence electrons. The summed E-state index contributed by atoms with van der Waals surface area (Å²) in [6.07, 6.45) is 0. The van der Waals surface area contributed by atoms with Gasteiger partial charge in [-0.25, -0.2) is 0 Å². The number of carbonyl (C=O) groups is 3. The van der Waals surface area contributed by atoms with Crippen LogP contribution in [0.1, 0.15) is 42.9 Å². The Morgan fingerprint density at radius 1 is 1.08 bits per heavy atom. The Balaban J connectivity index is 2.20. The number of anilines is 2. The maximum atomic E-state index is 14.0. The predicted octanol–water partition coefficient (Wildman–Crippen LogP) is 2.60. The molecule has 0 aliphatic carbocycles. The predicted molar refractivity (Wildman–Crippen MR) is 138 cm³/mol. The molecule has 1 aromatic heterocycles. The molecule has 0 aliphatic rings. The number of aryl methyl sites for hydroxylation is 2. The Kier molecular flexibility index (Phi) is 8.62. The largest absolute Gasteiger partial charge is 0.497 e. The average Bonchev–Trinajstić information content (AvgIpc) is 3.25. The van der Waals surface area contributed by atoms with Crippen LogP contribution in [0.3, 0.4) is 0 Å². The van der Waals surface area contributed by atoms with Gasteiger partial charge in [0.15, 0.2) is 5.69 Å². The van der Waals surface area contributed by atoms with Gasteiger partial charge in [-0.15, -0.1) is 0 Å². The molecule has 2 aromatic carbocycles. The number of methoxy groups -OCH3 is 2. The highest BCUT2D eigenvalue weighted by atomic mass is 32.1. The van der Waals surface area contributed by atoms with Gasteiger partial charge < -0.3 is 26.3 Å². The fraction of sp³-hybridized carbons (Fsp3) is 0.280. The van der Waals surface area contributed by atoms with Crippen molar-refractivity contribution in [2.75, 3.05) is 38.0 Å². The fourth-order valence-corrected chi connectivity index (χ4v) is 4.32. The number of hydrogen-bond acceptors (Lipinski definition) is 8. The maximum Gasteiger partial charge on any atom is 0.273 e. The van der Waals surface area contributed by atoms with Crippen molar-refractivity contribution in [3.05, 3.63) is 69.7 Å². The summed E-state index contributed by atoms with van der Waals surface area (Å²) in [5.41, 5.74) is 14.1. The maximum absolute atomic E-state index is 14.0. The Bertz CT molecular complexity index is 1260. The van der Waals surface area contributed by atoms with Crippen molar-refractivity contribution < 1.29 is 23.9 Å². The molecule has 3 aromatic rings. The first-order valence-electron chi connectivity index (χ1n) is 11.1. The molecule has 0 saturated heterocycles. The summed E-state index contributed by atoms with van der Waals surface area (Å²) in [5, 5.41) is 2.82. The van der Waals surface area contributed by atoms with Crippen LogP contribution in [0.4, 0.5) is 11.4 Å². The lowest BCUT2D eigenvalue weighted by Gasteiger charge is -2.31. The van der Waals surface area contributed by atoms with Crippen LogP contribution in [0.5, 0.6) is 5.75 Å². The third kappa shape index (κ3) is 5.64. The number of benzene rings is 2. The zero-order valence-electron chi connectivity index (χ0n) is 20.5. The molecule has 11 heteroatoms. The molecule has 0 saturated carbocycles. The summed E-state index contributed by atoms with van der Waals surface area (Å²) >= 11 is 0.756. The van der Waals surface area contributed by atoms with Crippen molar-refractivity contribution in [3.63, 3.8) is 0 Å². The molecule has 10 nitrogen and oxygen atoms in total. The van der Waals surface area contributed by atoms with Crippen LogP contribution >= 0.6 is 11.5 Å². The van der Waals surface area contributed by atoms with Crippen LogP contribution in [0, 0.1) is 13.8 Å². The van der Waals surface area contributed by atoms with Crippen LogP contribution in [-0.2, 0) is 9.53 Å². The summed E-state index contributed by atoms with van der Waals surface area (Å²) < 4.78 is 14.3. The number of carbonyl (C=O) groups excluding carboxylic acids is 3. The molecule has 0 aliphatic heterocycles. The highest BCUT2D eigenvalue weighted by molar-refractivity contribution is 7.09. The van der Waals surface area contributed by atoms with E-state index in [1.54, 1.807) is 30.3 Å². The van der Waals surface area contributed by atoms with Crippen molar-refractivity contribution in [1.29, 1.82) is 0 Å². The summed E-state index contributed by atoms with van der Waals surface area (Å²) in [6, 6.07) is 11.2. The summed E-state index contributed by atoms with van der Waals surface area (Å²) in [7, 11) is 3.07. The van der Waals surface area contributed by atoms with Gasteiger partial charge in [-0.1, -0.05) is 18.2 Å². The molecular weight excluding hydrogens is 482 g/mol. The standard InChI is InChI=1S/C25H29N5O5S/c1-14-5-8-17(13-15(14)2)30(25(33)22-19(26)20(23(27)31)29-36-22)21(24(32)28-11-12-34-3)16-6-9-18(35-4)10-7-16/h5-10,13,21H,11-12,26H2,1-4H3,(H2,27,31)(H,28,32)/t21-/m0/s1. The lowest BCUT2D eigenvalue weighted by atomic mass is 10.0. The molecule has 0 bridgehead atoms. The lowest BCUT2D eigenvalue weighted by molar-refractivity contribution is -0.122. The number of nitrogen functional groups attached to an aromatic ring is 1. The van der Waals surface area contributed by atoms with Gasteiger partial charge in [0.25, 0.3) is 11.8 Å². The van der Waals surface area contributed by atoms with Gasteiger partial charge in [0.1, 0.15) is 16.7 Å². The van der Waals surface area contributed by atoms with Crippen molar-refractivity contribution in [2.45, 2.75) is 19.9 Å². The first kappa shape index (κ1) is 26.6. The normalized spacial score (nSPS) is 11.6. The number of primary amides is 1. The van der Waals surface area contributed by atoms with Crippen LogP contribution in [0.15, 0.2) is 42.5 Å². The van der Waals surface area contributed by atoms with Gasteiger partial charge in [-0.2, -0.15) is 4.37 Å². The zero-order valence-corrected chi connectivity index (χ0v) is 21.3. The molecule has 3 rings (SSSR count). The minimum Gasteiger partial charge on any atom is -0.497 e. The van der Waals surface area contributed by atoms with Gasteiger partial charge in [0, 0.05) is 19.3 Å². The highest BCUT2D eigenvalue weighted by Crippen LogP contribution is 2.34. The molecule has 36 heavy (non-hydrogen) atoms. The molecule has 1 heterocycles.